The Morgan fingerprint density at radius 1 is 1.60 bits per heavy atom. The predicted octanol–water partition coefficient (Wildman–Crippen LogP) is 2.03. The van der Waals surface area contributed by atoms with E-state index < -0.39 is 5.82 Å². The second-order valence-electron chi connectivity index (χ2n) is 4.91. The van der Waals surface area contributed by atoms with Crippen molar-refractivity contribution in [3.63, 3.8) is 0 Å². The van der Waals surface area contributed by atoms with E-state index in [2.05, 4.69) is 10.6 Å². The van der Waals surface area contributed by atoms with E-state index in [-0.39, 0.29) is 29.1 Å². The van der Waals surface area contributed by atoms with E-state index in [0.717, 1.165) is 5.56 Å². The summed E-state index contributed by atoms with van der Waals surface area (Å²) in [5, 5.41) is 6.06. The Hall–Kier alpha value is -1.17. The van der Waals surface area contributed by atoms with Gasteiger partial charge in [-0.3, -0.25) is 4.79 Å². The number of ether oxygens (including phenoxy) is 1. The third-order valence-corrected chi connectivity index (χ3v) is 3.69. The summed E-state index contributed by atoms with van der Waals surface area (Å²) in [4.78, 5) is 12.2. The zero-order chi connectivity index (χ0) is 14.7. The molecule has 1 unspecified atom stereocenters. The van der Waals surface area contributed by atoms with E-state index in [1.54, 1.807) is 6.07 Å². The number of benzene rings is 1. The number of hydrogen-bond acceptors (Lipinski definition) is 3. The van der Waals surface area contributed by atoms with E-state index in [9.17, 15) is 9.18 Å². The number of hydrogen-bond donors (Lipinski definition) is 2. The molecule has 0 radical (unpaired) electrons. The van der Waals surface area contributed by atoms with Crippen molar-refractivity contribution in [3.05, 3.63) is 34.6 Å². The molecule has 4 nitrogen and oxygen atoms in total. The first-order valence-corrected chi connectivity index (χ1v) is 6.97. The molecule has 3 atom stereocenters. The van der Waals surface area contributed by atoms with Crippen LogP contribution in [0, 0.1) is 5.82 Å². The first kappa shape index (κ1) is 15.2. The fourth-order valence-electron chi connectivity index (χ4n) is 2.20. The molecule has 2 N–H and O–H groups in total. The molecule has 1 aliphatic heterocycles. The lowest BCUT2D eigenvalue weighted by Gasteiger charge is -2.30. The first-order chi connectivity index (χ1) is 9.49. The molecule has 1 aliphatic rings. The maximum absolute atomic E-state index is 13.1. The van der Waals surface area contributed by atoms with Crippen molar-refractivity contribution in [3.8, 4) is 0 Å². The van der Waals surface area contributed by atoms with Crippen LogP contribution in [-0.2, 0) is 9.53 Å². The molecule has 1 aromatic rings. The smallest absolute Gasteiger partial charge is 0.240 e. The van der Waals surface area contributed by atoms with Crippen LogP contribution in [0.25, 0.3) is 0 Å². The molecule has 1 heterocycles. The van der Waals surface area contributed by atoms with Crippen molar-refractivity contribution in [2.24, 2.45) is 0 Å². The van der Waals surface area contributed by atoms with Gasteiger partial charge in [0.1, 0.15) is 11.9 Å². The zero-order valence-electron chi connectivity index (χ0n) is 11.5. The maximum atomic E-state index is 13.1. The summed E-state index contributed by atoms with van der Waals surface area (Å²) in [7, 11) is 0. The zero-order valence-corrected chi connectivity index (χ0v) is 12.2. The Morgan fingerprint density at radius 3 is 3.00 bits per heavy atom. The highest BCUT2D eigenvalue weighted by molar-refractivity contribution is 6.30. The average Bonchev–Trinajstić information content (AvgIpc) is 2.42. The number of morpholine rings is 1. The van der Waals surface area contributed by atoms with Crippen LogP contribution in [0.3, 0.4) is 0 Å². The summed E-state index contributed by atoms with van der Waals surface area (Å²) in [5.41, 5.74) is 0.758. The van der Waals surface area contributed by atoms with Crippen LogP contribution >= 0.6 is 11.6 Å². The monoisotopic (exact) mass is 300 g/mol. The van der Waals surface area contributed by atoms with Crippen LogP contribution in [0.5, 0.6) is 0 Å². The van der Waals surface area contributed by atoms with Gasteiger partial charge in [-0.2, -0.15) is 0 Å². The van der Waals surface area contributed by atoms with Gasteiger partial charge in [-0.1, -0.05) is 17.7 Å². The largest absolute Gasteiger partial charge is 0.375 e. The quantitative estimate of drug-likeness (QED) is 0.898. The van der Waals surface area contributed by atoms with Gasteiger partial charge < -0.3 is 15.4 Å². The number of nitrogens with one attached hydrogen (secondary N) is 2. The van der Waals surface area contributed by atoms with E-state index >= 15 is 0 Å². The van der Waals surface area contributed by atoms with Gasteiger partial charge in [0.05, 0.1) is 23.8 Å². The Bertz CT molecular complexity index is 498. The van der Waals surface area contributed by atoms with E-state index in [1.165, 1.54) is 12.1 Å². The normalized spacial score (nSPS) is 24.2. The van der Waals surface area contributed by atoms with E-state index in [1.807, 2.05) is 13.8 Å². The molecule has 0 saturated carbocycles. The molecule has 0 aliphatic carbocycles. The number of carbonyl (C=O) groups is 1. The van der Waals surface area contributed by atoms with Crippen LogP contribution in [0.15, 0.2) is 18.2 Å². The number of carbonyl (C=O) groups excluding carboxylic acids is 1. The SMILES string of the molecule is CC(NC(=O)[C@H]1NCCO[C@@H]1C)c1ccc(F)c(Cl)c1. The second kappa shape index (κ2) is 6.52. The van der Waals surface area contributed by atoms with Crippen LogP contribution in [0.2, 0.25) is 5.02 Å². The Morgan fingerprint density at radius 2 is 2.35 bits per heavy atom. The van der Waals surface area contributed by atoms with Crippen molar-refractivity contribution in [2.45, 2.75) is 32.0 Å². The molecular formula is C14H18ClFN2O2. The topological polar surface area (TPSA) is 50.4 Å². The second-order valence-corrected chi connectivity index (χ2v) is 5.32. The minimum absolute atomic E-state index is 0.0519. The minimum atomic E-state index is -0.468. The third-order valence-electron chi connectivity index (χ3n) is 3.40. The average molecular weight is 301 g/mol. The van der Waals surface area contributed by atoms with Gasteiger partial charge in [0.25, 0.3) is 0 Å². The predicted molar refractivity (Wildman–Crippen MR) is 75.2 cm³/mol. The molecule has 1 amide bonds. The Balaban J connectivity index is 2.01. The van der Waals surface area contributed by atoms with Crippen molar-refractivity contribution >= 4 is 17.5 Å². The van der Waals surface area contributed by atoms with Crippen LogP contribution in [0.4, 0.5) is 4.39 Å². The highest BCUT2D eigenvalue weighted by Crippen LogP contribution is 2.21. The van der Waals surface area contributed by atoms with E-state index in [0.29, 0.717) is 13.2 Å². The number of halogens is 2. The molecule has 0 aromatic heterocycles. The van der Waals surface area contributed by atoms with Crippen LogP contribution in [-0.4, -0.2) is 31.2 Å². The molecule has 6 heteroatoms. The van der Waals surface area contributed by atoms with Gasteiger partial charge in [0.2, 0.25) is 5.91 Å². The van der Waals surface area contributed by atoms with Crippen molar-refractivity contribution in [1.82, 2.24) is 10.6 Å². The molecule has 1 fully saturated rings. The summed E-state index contributed by atoms with van der Waals surface area (Å²) in [6.45, 7) is 4.94. The lowest BCUT2D eigenvalue weighted by molar-refractivity contribution is -0.129. The van der Waals surface area contributed by atoms with Crippen molar-refractivity contribution in [2.75, 3.05) is 13.2 Å². The van der Waals surface area contributed by atoms with Gasteiger partial charge >= 0.3 is 0 Å². The summed E-state index contributed by atoms with van der Waals surface area (Å²) < 4.78 is 18.6. The van der Waals surface area contributed by atoms with Gasteiger partial charge in [-0.15, -0.1) is 0 Å². The Kier molecular flexibility index (Phi) is 4.96. The van der Waals surface area contributed by atoms with Gasteiger partial charge in [-0.25, -0.2) is 4.39 Å². The van der Waals surface area contributed by atoms with Crippen molar-refractivity contribution < 1.29 is 13.9 Å². The summed E-state index contributed by atoms with van der Waals surface area (Å²) in [6.07, 6.45) is -0.173. The Labute approximate surface area is 122 Å². The van der Waals surface area contributed by atoms with Gasteiger partial charge in [0.15, 0.2) is 0 Å². The number of amides is 1. The molecular weight excluding hydrogens is 283 g/mol. The third kappa shape index (κ3) is 3.48. The lowest BCUT2D eigenvalue weighted by Crippen LogP contribution is -2.55. The highest BCUT2D eigenvalue weighted by Gasteiger charge is 2.29. The summed E-state index contributed by atoms with van der Waals surface area (Å²) in [5.74, 6) is -0.602. The lowest BCUT2D eigenvalue weighted by atomic mass is 10.1. The summed E-state index contributed by atoms with van der Waals surface area (Å²) in [6, 6.07) is 3.81. The molecule has 20 heavy (non-hydrogen) atoms. The highest BCUT2D eigenvalue weighted by atomic mass is 35.5. The van der Waals surface area contributed by atoms with E-state index in [4.69, 9.17) is 16.3 Å². The van der Waals surface area contributed by atoms with Gasteiger partial charge in [-0.05, 0) is 31.5 Å². The molecule has 2 rings (SSSR count). The molecule has 1 aromatic carbocycles. The molecule has 1 saturated heterocycles. The molecule has 110 valence electrons. The molecule has 0 spiro atoms. The summed E-state index contributed by atoms with van der Waals surface area (Å²) >= 11 is 5.75. The maximum Gasteiger partial charge on any atom is 0.240 e. The minimum Gasteiger partial charge on any atom is -0.375 e. The fourth-order valence-corrected chi connectivity index (χ4v) is 2.38. The van der Waals surface area contributed by atoms with Crippen LogP contribution in [0.1, 0.15) is 25.5 Å². The van der Waals surface area contributed by atoms with Crippen LogP contribution < -0.4 is 10.6 Å². The fraction of sp³-hybridized carbons (Fsp3) is 0.500. The van der Waals surface area contributed by atoms with Crippen molar-refractivity contribution in [1.29, 1.82) is 0 Å². The molecule has 0 bridgehead atoms. The number of rotatable bonds is 3. The standard InChI is InChI=1S/C14H18ClFN2O2/c1-8(10-3-4-12(16)11(15)7-10)18-14(19)13-9(2)20-6-5-17-13/h3-4,7-9,13,17H,5-6H2,1-2H3,(H,18,19)/t8?,9-,13+/m1/s1. The first-order valence-electron chi connectivity index (χ1n) is 6.59. The van der Waals surface area contributed by atoms with Gasteiger partial charge in [0, 0.05) is 6.54 Å².